The molecular formula is C20H26F4N4O4. The number of urea groups is 2. The summed E-state index contributed by atoms with van der Waals surface area (Å²) in [5.41, 5.74) is 0.00693. The van der Waals surface area contributed by atoms with Gasteiger partial charge in [0.1, 0.15) is 11.6 Å². The highest BCUT2D eigenvalue weighted by atomic mass is 19.4. The maximum atomic E-state index is 14.2. The van der Waals surface area contributed by atoms with Gasteiger partial charge in [0.05, 0.1) is 6.04 Å². The highest BCUT2D eigenvalue weighted by Gasteiger charge is 2.41. The number of ether oxygens (including phenoxy) is 1. The molecule has 1 aliphatic heterocycles. The number of carbonyl (C=O) groups is 2. The number of benzene rings is 1. The third-order valence-corrected chi connectivity index (χ3v) is 5.53. The number of likely N-dealkylation sites (tertiary alicyclic amines) is 1. The van der Waals surface area contributed by atoms with Gasteiger partial charge in [-0.15, -0.1) is 13.2 Å². The number of halogens is 4. The molecule has 0 bridgehead atoms. The molecule has 3 N–H and O–H groups in total. The predicted molar refractivity (Wildman–Crippen MR) is 105 cm³/mol. The molecule has 0 spiro atoms. The van der Waals surface area contributed by atoms with Gasteiger partial charge >= 0.3 is 18.4 Å². The summed E-state index contributed by atoms with van der Waals surface area (Å²) in [4.78, 5) is 28.2. The summed E-state index contributed by atoms with van der Waals surface area (Å²) in [7, 11) is 1.50. The molecule has 32 heavy (non-hydrogen) atoms. The van der Waals surface area contributed by atoms with Gasteiger partial charge in [0.2, 0.25) is 0 Å². The van der Waals surface area contributed by atoms with Crippen molar-refractivity contribution in [2.75, 3.05) is 26.7 Å². The normalized spacial score (nSPS) is 21.1. The van der Waals surface area contributed by atoms with Gasteiger partial charge in [-0.1, -0.05) is 6.07 Å². The summed E-state index contributed by atoms with van der Waals surface area (Å²) < 4.78 is 54.7. The van der Waals surface area contributed by atoms with Crippen LogP contribution in [0.25, 0.3) is 0 Å². The molecule has 0 radical (unpaired) electrons. The number of aliphatic hydroxyl groups is 1. The molecule has 12 heteroatoms. The SMILES string of the molecule is CNC(=O)N1C[C@H](CO)C[C@@H](N(C(=O)NCc2ccc(OC(F)(F)F)cc2F)C2CC2)C1. The zero-order chi connectivity index (χ0) is 23.5. The second kappa shape index (κ2) is 9.80. The molecule has 1 heterocycles. The van der Waals surface area contributed by atoms with Gasteiger partial charge in [-0.05, 0) is 25.3 Å². The maximum absolute atomic E-state index is 14.2. The van der Waals surface area contributed by atoms with Gasteiger partial charge in [-0.3, -0.25) is 0 Å². The average molecular weight is 462 g/mol. The van der Waals surface area contributed by atoms with Crippen LogP contribution in [0.3, 0.4) is 0 Å². The van der Waals surface area contributed by atoms with Crippen LogP contribution in [0.1, 0.15) is 24.8 Å². The number of rotatable bonds is 6. The van der Waals surface area contributed by atoms with Gasteiger partial charge in [0.15, 0.2) is 0 Å². The molecule has 2 aliphatic rings. The molecule has 0 unspecified atom stereocenters. The van der Waals surface area contributed by atoms with E-state index in [1.54, 1.807) is 9.80 Å². The predicted octanol–water partition coefficient (Wildman–Crippen LogP) is 2.42. The van der Waals surface area contributed by atoms with Crippen LogP contribution in [0.4, 0.5) is 27.2 Å². The lowest BCUT2D eigenvalue weighted by molar-refractivity contribution is -0.274. The van der Waals surface area contributed by atoms with Crippen LogP contribution in [0, 0.1) is 11.7 Å². The summed E-state index contributed by atoms with van der Waals surface area (Å²) in [6.07, 6.45) is -2.81. The lowest BCUT2D eigenvalue weighted by atomic mass is 9.94. The number of piperidine rings is 1. The largest absolute Gasteiger partial charge is 0.573 e. The number of hydrogen-bond donors (Lipinski definition) is 3. The van der Waals surface area contributed by atoms with Crippen LogP contribution >= 0.6 is 0 Å². The molecule has 1 saturated carbocycles. The third-order valence-electron chi connectivity index (χ3n) is 5.53. The Kier molecular flexibility index (Phi) is 7.32. The lowest BCUT2D eigenvalue weighted by Crippen LogP contribution is -2.58. The van der Waals surface area contributed by atoms with Crippen molar-refractivity contribution in [2.45, 2.75) is 44.3 Å². The summed E-state index contributed by atoms with van der Waals surface area (Å²) in [5.74, 6) is -1.80. The summed E-state index contributed by atoms with van der Waals surface area (Å²) in [5, 5.41) is 14.8. The van der Waals surface area contributed by atoms with E-state index in [4.69, 9.17) is 0 Å². The molecule has 8 nitrogen and oxygen atoms in total. The molecule has 1 saturated heterocycles. The van der Waals surface area contributed by atoms with Crippen LogP contribution in [-0.4, -0.2) is 72.2 Å². The Morgan fingerprint density at radius 2 is 1.97 bits per heavy atom. The van der Waals surface area contributed by atoms with E-state index >= 15 is 0 Å². The van der Waals surface area contributed by atoms with Crippen LogP contribution in [-0.2, 0) is 6.54 Å². The van der Waals surface area contributed by atoms with Crippen molar-refractivity contribution in [3.8, 4) is 5.75 Å². The monoisotopic (exact) mass is 462 g/mol. The highest BCUT2D eigenvalue weighted by Crippen LogP contribution is 2.33. The summed E-state index contributed by atoms with van der Waals surface area (Å²) >= 11 is 0. The van der Waals surface area contributed by atoms with Gasteiger partial charge in [0.25, 0.3) is 0 Å². The summed E-state index contributed by atoms with van der Waals surface area (Å²) in [6.45, 7) is 0.333. The molecule has 1 aromatic rings. The van der Waals surface area contributed by atoms with Crippen molar-refractivity contribution in [3.05, 3.63) is 29.6 Å². The van der Waals surface area contributed by atoms with Crippen LogP contribution in [0.2, 0.25) is 0 Å². The first-order valence-electron chi connectivity index (χ1n) is 10.3. The minimum absolute atomic E-state index is 0.00693. The number of carbonyl (C=O) groups excluding carboxylic acids is 2. The van der Waals surface area contributed by atoms with Crippen LogP contribution in [0.5, 0.6) is 5.75 Å². The molecular weight excluding hydrogens is 436 g/mol. The molecule has 2 fully saturated rings. The van der Waals surface area contributed by atoms with Gasteiger partial charge in [-0.2, -0.15) is 0 Å². The van der Waals surface area contributed by atoms with Crippen molar-refractivity contribution in [3.63, 3.8) is 0 Å². The molecule has 0 aromatic heterocycles. The van der Waals surface area contributed by atoms with Gasteiger partial charge in [-0.25, -0.2) is 14.0 Å². The Morgan fingerprint density at radius 1 is 1.25 bits per heavy atom. The number of hydrogen-bond acceptors (Lipinski definition) is 4. The summed E-state index contributed by atoms with van der Waals surface area (Å²) in [6, 6.07) is 1.62. The van der Waals surface area contributed by atoms with E-state index in [-0.39, 0.29) is 42.7 Å². The second-order valence-corrected chi connectivity index (χ2v) is 8.00. The zero-order valence-electron chi connectivity index (χ0n) is 17.5. The van der Waals surface area contributed by atoms with E-state index in [1.807, 2.05) is 0 Å². The fourth-order valence-corrected chi connectivity index (χ4v) is 3.95. The molecule has 4 amide bonds. The Hall–Kier alpha value is -2.76. The fourth-order valence-electron chi connectivity index (χ4n) is 3.95. The van der Waals surface area contributed by atoms with Crippen molar-refractivity contribution in [2.24, 2.45) is 5.92 Å². The van der Waals surface area contributed by atoms with E-state index in [0.29, 0.717) is 25.6 Å². The Labute approximate surface area is 182 Å². The van der Waals surface area contributed by atoms with Crippen molar-refractivity contribution in [1.29, 1.82) is 0 Å². The smallest absolute Gasteiger partial charge is 0.406 e. The molecule has 2 atom stereocenters. The van der Waals surface area contributed by atoms with E-state index in [0.717, 1.165) is 25.0 Å². The van der Waals surface area contributed by atoms with E-state index in [2.05, 4.69) is 15.4 Å². The van der Waals surface area contributed by atoms with Crippen molar-refractivity contribution < 1.29 is 37.0 Å². The average Bonchev–Trinajstić information content (AvgIpc) is 3.56. The Morgan fingerprint density at radius 3 is 2.53 bits per heavy atom. The number of nitrogens with one attached hydrogen (secondary N) is 2. The fraction of sp³-hybridized carbons (Fsp3) is 0.600. The highest BCUT2D eigenvalue weighted by molar-refractivity contribution is 5.76. The first-order valence-corrected chi connectivity index (χ1v) is 10.3. The van der Waals surface area contributed by atoms with Gasteiger partial charge < -0.3 is 30.3 Å². The molecule has 178 valence electrons. The number of amides is 4. The van der Waals surface area contributed by atoms with Crippen molar-refractivity contribution in [1.82, 2.24) is 20.4 Å². The molecule has 3 rings (SSSR count). The Bertz CT molecular complexity index is 834. The maximum Gasteiger partial charge on any atom is 0.573 e. The molecule has 1 aromatic carbocycles. The van der Waals surface area contributed by atoms with Gasteiger partial charge in [0, 0.05) is 56.9 Å². The van der Waals surface area contributed by atoms with Crippen LogP contribution < -0.4 is 15.4 Å². The van der Waals surface area contributed by atoms with Crippen molar-refractivity contribution >= 4 is 12.1 Å². The number of nitrogens with zero attached hydrogens (tertiary/aromatic N) is 2. The first-order chi connectivity index (χ1) is 15.1. The molecule has 1 aliphatic carbocycles. The minimum atomic E-state index is -4.93. The second-order valence-electron chi connectivity index (χ2n) is 8.00. The number of aliphatic hydroxyl groups excluding tert-OH is 1. The lowest BCUT2D eigenvalue weighted by Gasteiger charge is -2.42. The first kappa shape index (κ1) is 23.9. The minimum Gasteiger partial charge on any atom is -0.406 e. The Balaban J connectivity index is 1.66. The van der Waals surface area contributed by atoms with E-state index < -0.39 is 24.0 Å². The standard InChI is InChI=1S/C20H26F4N4O4/c1-25-18(30)27-9-12(11-29)6-15(10-27)28(14-3-4-14)19(31)26-8-13-2-5-16(7-17(13)21)32-20(22,23)24/h2,5,7,12,14-15,29H,3-4,6,8-11H2,1H3,(H,25,30)(H,26,31)/t12-,15-/m1/s1. The number of alkyl halides is 3. The third kappa shape index (κ3) is 6.15. The van der Waals surface area contributed by atoms with E-state index in [9.17, 15) is 32.3 Å². The quantitative estimate of drug-likeness (QED) is 0.566. The van der Waals surface area contributed by atoms with E-state index in [1.165, 1.54) is 7.05 Å². The topological polar surface area (TPSA) is 94.1 Å². The van der Waals surface area contributed by atoms with Crippen LogP contribution in [0.15, 0.2) is 18.2 Å². The zero-order valence-corrected chi connectivity index (χ0v) is 17.5.